The van der Waals surface area contributed by atoms with Crippen molar-refractivity contribution >= 4 is 10.0 Å². The van der Waals surface area contributed by atoms with E-state index in [0.29, 0.717) is 28.3 Å². The summed E-state index contributed by atoms with van der Waals surface area (Å²) in [5, 5.41) is 3.34. The van der Waals surface area contributed by atoms with E-state index in [0.717, 1.165) is 19.4 Å². The van der Waals surface area contributed by atoms with Gasteiger partial charge < -0.3 is 10.1 Å². The molecule has 0 amide bonds. The molecule has 1 saturated heterocycles. The molecular weight excluding hydrogens is 288 g/mol. The molecule has 0 aliphatic carbocycles. The summed E-state index contributed by atoms with van der Waals surface area (Å²) in [7, 11) is -1.91. The molecule has 6 heteroatoms. The third-order valence-corrected chi connectivity index (χ3v) is 5.60. The molecule has 1 aliphatic rings. The first-order valence-electron chi connectivity index (χ1n) is 7.32. The maximum atomic E-state index is 12.5. The Kier molecular flexibility index (Phi) is 5.24. The van der Waals surface area contributed by atoms with Crippen LogP contribution in [0.15, 0.2) is 17.0 Å². The minimum Gasteiger partial charge on any atom is -0.497 e. The van der Waals surface area contributed by atoms with Gasteiger partial charge >= 0.3 is 0 Å². The van der Waals surface area contributed by atoms with E-state index in [4.69, 9.17) is 4.74 Å². The van der Waals surface area contributed by atoms with Gasteiger partial charge in [-0.3, -0.25) is 0 Å². The van der Waals surface area contributed by atoms with Gasteiger partial charge in [0.15, 0.2) is 0 Å². The zero-order valence-corrected chi connectivity index (χ0v) is 13.7. The third-order valence-electron chi connectivity index (χ3n) is 3.87. The van der Waals surface area contributed by atoms with E-state index in [1.807, 2.05) is 0 Å². The number of ether oxygens (including phenoxy) is 1. The molecule has 5 nitrogen and oxygen atoms in total. The minimum absolute atomic E-state index is 0.229. The van der Waals surface area contributed by atoms with Crippen molar-refractivity contribution in [2.75, 3.05) is 20.2 Å². The van der Waals surface area contributed by atoms with Crippen LogP contribution in [0.4, 0.5) is 0 Å². The molecule has 1 fully saturated rings. The van der Waals surface area contributed by atoms with Gasteiger partial charge in [0.2, 0.25) is 10.0 Å². The van der Waals surface area contributed by atoms with E-state index in [9.17, 15) is 8.42 Å². The molecular formula is C15H24N2O3S. The molecule has 21 heavy (non-hydrogen) atoms. The van der Waals surface area contributed by atoms with Crippen LogP contribution in [0.25, 0.3) is 0 Å². The number of piperidine rings is 1. The molecule has 0 spiro atoms. The lowest BCUT2D eigenvalue weighted by Crippen LogP contribution is -2.43. The van der Waals surface area contributed by atoms with Gasteiger partial charge in [0.05, 0.1) is 12.0 Å². The van der Waals surface area contributed by atoms with Crippen molar-refractivity contribution in [3.05, 3.63) is 23.3 Å². The summed E-state index contributed by atoms with van der Waals surface area (Å²) in [6, 6.07) is 3.73. The normalized spacial score (nSPS) is 19.5. The lowest BCUT2D eigenvalue weighted by atomic mass is 10.1. The second-order valence-electron chi connectivity index (χ2n) is 5.59. The maximum Gasteiger partial charge on any atom is 0.241 e. The van der Waals surface area contributed by atoms with Gasteiger partial charge in [-0.1, -0.05) is 6.42 Å². The first-order valence-corrected chi connectivity index (χ1v) is 8.80. The summed E-state index contributed by atoms with van der Waals surface area (Å²) >= 11 is 0. The molecule has 0 bridgehead atoms. The lowest BCUT2D eigenvalue weighted by Gasteiger charge is -2.24. The Morgan fingerprint density at radius 2 is 1.95 bits per heavy atom. The Hall–Kier alpha value is -1.11. The predicted molar refractivity (Wildman–Crippen MR) is 83.3 cm³/mol. The van der Waals surface area contributed by atoms with E-state index in [2.05, 4.69) is 10.0 Å². The van der Waals surface area contributed by atoms with Gasteiger partial charge in [-0.25, -0.2) is 13.1 Å². The van der Waals surface area contributed by atoms with Crippen LogP contribution < -0.4 is 14.8 Å². The summed E-state index contributed by atoms with van der Waals surface area (Å²) in [5.41, 5.74) is 1.41. The summed E-state index contributed by atoms with van der Waals surface area (Å²) in [4.78, 5) is 0.360. The number of nitrogens with one attached hydrogen (secondary N) is 2. The molecule has 1 atom stereocenters. The largest absolute Gasteiger partial charge is 0.497 e. The molecule has 1 aromatic rings. The highest BCUT2D eigenvalue weighted by molar-refractivity contribution is 7.89. The Balaban J connectivity index is 2.15. The van der Waals surface area contributed by atoms with Crippen molar-refractivity contribution in [3.8, 4) is 5.75 Å². The van der Waals surface area contributed by atoms with Crippen molar-refractivity contribution in [1.29, 1.82) is 0 Å². The SMILES string of the molecule is COc1cc(C)c(S(=O)(=O)NCC2CCCCN2)c(C)c1. The van der Waals surface area contributed by atoms with Gasteiger partial charge in [-0.15, -0.1) is 0 Å². The van der Waals surface area contributed by atoms with Gasteiger partial charge in [-0.05, 0) is 56.5 Å². The smallest absolute Gasteiger partial charge is 0.241 e. The fraction of sp³-hybridized carbons (Fsp3) is 0.600. The van der Waals surface area contributed by atoms with Crippen LogP contribution in [0.2, 0.25) is 0 Å². The summed E-state index contributed by atoms with van der Waals surface area (Å²) < 4.78 is 33.0. The average Bonchev–Trinajstić information content (AvgIpc) is 2.45. The molecule has 1 aliphatic heterocycles. The van der Waals surface area contributed by atoms with Gasteiger partial charge in [0.25, 0.3) is 0 Å². The first kappa shape index (κ1) is 16.3. The maximum absolute atomic E-state index is 12.5. The number of sulfonamides is 1. The van der Waals surface area contributed by atoms with Gasteiger partial charge in [0.1, 0.15) is 5.75 Å². The Morgan fingerprint density at radius 3 is 2.48 bits per heavy atom. The minimum atomic E-state index is -3.49. The summed E-state index contributed by atoms with van der Waals surface area (Å²) in [6.45, 7) is 4.99. The zero-order chi connectivity index (χ0) is 15.5. The average molecular weight is 312 g/mol. The van der Waals surface area contributed by atoms with E-state index in [-0.39, 0.29) is 6.04 Å². The molecule has 1 heterocycles. The summed E-state index contributed by atoms with van der Waals surface area (Å²) in [5.74, 6) is 0.679. The molecule has 1 unspecified atom stereocenters. The topological polar surface area (TPSA) is 67.4 Å². The monoisotopic (exact) mass is 312 g/mol. The predicted octanol–water partition coefficient (Wildman–Crippen LogP) is 1.73. The fourth-order valence-electron chi connectivity index (χ4n) is 2.83. The van der Waals surface area contributed by atoms with Crippen LogP contribution >= 0.6 is 0 Å². The Labute approximate surface area is 127 Å². The molecule has 118 valence electrons. The van der Waals surface area contributed by atoms with E-state index < -0.39 is 10.0 Å². The molecule has 0 radical (unpaired) electrons. The van der Waals surface area contributed by atoms with Crippen LogP contribution in [0.5, 0.6) is 5.75 Å². The van der Waals surface area contributed by atoms with E-state index >= 15 is 0 Å². The van der Waals surface area contributed by atoms with Gasteiger partial charge in [-0.2, -0.15) is 0 Å². The number of hydrogen-bond acceptors (Lipinski definition) is 4. The molecule has 0 saturated carbocycles. The second-order valence-corrected chi connectivity index (χ2v) is 7.29. The Bertz CT molecular complexity index is 570. The van der Waals surface area contributed by atoms with Crippen molar-refractivity contribution in [1.82, 2.24) is 10.0 Å². The van der Waals surface area contributed by atoms with Crippen molar-refractivity contribution < 1.29 is 13.2 Å². The highest BCUT2D eigenvalue weighted by atomic mass is 32.2. The highest BCUT2D eigenvalue weighted by Crippen LogP contribution is 2.25. The standard InChI is InChI=1S/C15H24N2O3S/c1-11-8-14(20-3)9-12(2)15(11)21(18,19)17-10-13-6-4-5-7-16-13/h8-9,13,16-17H,4-7,10H2,1-3H3. The molecule has 2 N–H and O–H groups in total. The van der Waals surface area contributed by atoms with Crippen LogP contribution in [0.3, 0.4) is 0 Å². The van der Waals surface area contributed by atoms with Crippen LogP contribution in [0, 0.1) is 13.8 Å². The van der Waals surface area contributed by atoms with Crippen molar-refractivity contribution in [2.24, 2.45) is 0 Å². The van der Waals surface area contributed by atoms with Crippen LogP contribution in [-0.4, -0.2) is 34.7 Å². The second kappa shape index (κ2) is 6.77. The van der Waals surface area contributed by atoms with Crippen LogP contribution in [0.1, 0.15) is 30.4 Å². The first-order chi connectivity index (χ1) is 9.94. The van der Waals surface area contributed by atoms with Crippen molar-refractivity contribution in [2.45, 2.75) is 44.0 Å². The highest BCUT2D eigenvalue weighted by Gasteiger charge is 2.22. The van der Waals surface area contributed by atoms with Crippen molar-refractivity contribution in [3.63, 3.8) is 0 Å². The Morgan fingerprint density at radius 1 is 1.29 bits per heavy atom. The third kappa shape index (κ3) is 3.96. The molecule has 1 aromatic carbocycles. The number of benzene rings is 1. The van der Waals surface area contributed by atoms with E-state index in [1.54, 1.807) is 33.1 Å². The fourth-order valence-corrected chi connectivity index (χ4v) is 4.36. The number of rotatable bonds is 5. The number of hydrogen-bond donors (Lipinski definition) is 2. The zero-order valence-electron chi connectivity index (χ0n) is 12.9. The van der Waals surface area contributed by atoms with E-state index in [1.165, 1.54) is 6.42 Å². The number of aryl methyl sites for hydroxylation is 2. The quantitative estimate of drug-likeness (QED) is 0.869. The van der Waals surface area contributed by atoms with Gasteiger partial charge in [0, 0.05) is 12.6 Å². The molecule has 0 aromatic heterocycles. The van der Waals surface area contributed by atoms with Crippen LogP contribution in [-0.2, 0) is 10.0 Å². The number of methoxy groups -OCH3 is 1. The lowest BCUT2D eigenvalue weighted by molar-refractivity contribution is 0.398. The summed E-state index contributed by atoms with van der Waals surface area (Å²) in [6.07, 6.45) is 3.34. The molecule has 2 rings (SSSR count).